The van der Waals surface area contributed by atoms with Crippen LogP contribution in [0.4, 0.5) is 5.69 Å². The number of halogens is 2. The lowest BCUT2D eigenvalue weighted by molar-refractivity contribution is -0.308. The molecule has 0 unspecified atom stereocenters. The lowest BCUT2D eigenvalue weighted by Gasteiger charge is -2.38. The summed E-state index contributed by atoms with van der Waals surface area (Å²) in [4.78, 5) is 11.2. The van der Waals surface area contributed by atoms with Gasteiger partial charge in [-0.3, -0.25) is 0 Å². The van der Waals surface area contributed by atoms with Crippen LogP contribution in [0.15, 0.2) is 24.3 Å². The summed E-state index contributed by atoms with van der Waals surface area (Å²) in [6.07, 6.45) is 4.74. The van der Waals surface area contributed by atoms with Gasteiger partial charge < -0.3 is 15.2 Å². The minimum Gasteiger partial charge on any atom is -0.548 e. The largest absolute Gasteiger partial charge is 0.548 e. The summed E-state index contributed by atoms with van der Waals surface area (Å²) in [6.45, 7) is 0. The predicted octanol–water partition coefficient (Wildman–Crippen LogP) is 2.20. The van der Waals surface area contributed by atoms with E-state index in [2.05, 4.69) is 5.32 Å². The summed E-state index contributed by atoms with van der Waals surface area (Å²) < 4.78 is 0. The van der Waals surface area contributed by atoms with Gasteiger partial charge in [-0.1, -0.05) is 35.4 Å². The number of hydrogen-bond donors (Lipinski definition) is 1. The van der Waals surface area contributed by atoms with E-state index < -0.39 is 12.0 Å². The first-order valence-corrected chi connectivity index (χ1v) is 6.46. The lowest BCUT2D eigenvalue weighted by Crippen LogP contribution is -2.48. The molecule has 94 valence electrons. The highest BCUT2D eigenvalue weighted by Crippen LogP contribution is 2.47. The molecular weight excluding hydrogens is 273 g/mol. The van der Waals surface area contributed by atoms with Crippen molar-refractivity contribution in [2.75, 3.05) is 5.32 Å². The normalized spacial score (nSPS) is 28.4. The first-order chi connectivity index (χ1) is 8.58. The Bertz CT molecular complexity index is 556. The van der Waals surface area contributed by atoms with Gasteiger partial charge in [0.25, 0.3) is 0 Å². The SMILES string of the molecule is O=C([O-])[C@@H]1Nc2c(Cl)cc(Cl)cc2[C@H]2C=CC[C@H]21. The molecular formula is C13H10Cl2NO2-. The Morgan fingerprint density at radius 1 is 1.39 bits per heavy atom. The first-order valence-electron chi connectivity index (χ1n) is 5.71. The molecule has 1 N–H and O–H groups in total. The number of anilines is 1. The zero-order valence-electron chi connectivity index (χ0n) is 9.32. The molecule has 3 rings (SSSR count). The molecule has 1 aromatic rings. The van der Waals surface area contributed by atoms with Crippen molar-refractivity contribution in [1.29, 1.82) is 0 Å². The zero-order valence-corrected chi connectivity index (χ0v) is 10.8. The van der Waals surface area contributed by atoms with Crippen molar-refractivity contribution in [3.63, 3.8) is 0 Å². The van der Waals surface area contributed by atoms with Crippen LogP contribution in [0.3, 0.4) is 0 Å². The quantitative estimate of drug-likeness (QED) is 0.804. The zero-order chi connectivity index (χ0) is 12.9. The number of rotatable bonds is 1. The van der Waals surface area contributed by atoms with Gasteiger partial charge in [0.15, 0.2) is 0 Å². The highest BCUT2D eigenvalue weighted by Gasteiger charge is 2.38. The van der Waals surface area contributed by atoms with E-state index in [0.717, 1.165) is 12.0 Å². The van der Waals surface area contributed by atoms with Crippen LogP contribution in [0.1, 0.15) is 17.9 Å². The van der Waals surface area contributed by atoms with E-state index >= 15 is 0 Å². The van der Waals surface area contributed by atoms with E-state index in [9.17, 15) is 9.90 Å². The second-order valence-electron chi connectivity index (χ2n) is 4.65. The molecule has 0 aromatic heterocycles. The number of carbonyl (C=O) groups excluding carboxylic acids is 1. The number of aliphatic carboxylic acids is 1. The van der Waals surface area contributed by atoms with Gasteiger partial charge in [-0.2, -0.15) is 0 Å². The highest BCUT2D eigenvalue weighted by atomic mass is 35.5. The molecule has 0 amide bonds. The van der Waals surface area contributed by atoms with Crippen LogP contribution in [0.2, 0.25) is 10.0 Å². The van der Waals surface area contributed by atoms with E-state index in [1.54, 1.807) is 6.07 Å². The van der Waals surface area contributed by atoms with Crippen molar-refractivity contribution in [3.8, 4) is 0 Å². The minimum absolute atomic E-state index is 0.0305. The van der Waals surface area contributed by atoms with Crippen LogP contribution in [0, 0.1) is 5.92 Å². The van der Waals surface area contributed by atoms with Crippen LogP contribution in [-0.2, 0) is 4.79 Å². The molecule has 0 bridgehead atoms. The van der Waals surface area contributed by atoms with E-state index in [1.165, 1.54) is 0 Å². The molecule has 0 fully saturated rings. The number of carboxylic acids is 1. The van der Waals surface area contributed by atoms with Gasteiger partial charge >= 0.3 is 0 Å². The van der Waals surface area contributed by atoms with Gasteiger partial charge in [0.05, 0.1) is 22.7 Å². The predicted molar refractivity (Wildman–Crippen MR) is 68.9 cm³/mol. The second-order valence-corrected chi connectivity index (χ2v) is 5.49. The van der Waals surface area contributed by atoms with Crippen molar-refractivity contribution in [2.24, 2.45) is 5.92 Å². The molecule has 3 atom stereocenters. The molecule has 1 aliphatic heterocycles. The smallest absolute Gasteiger partial charge is 0.0699 e. The molecule has 3 nitrogen and oxygen atoms in total. The second kappa shape index (κ2) is 4.18. The maximum atomic E-state index is 11.2. The first kappa shape index (κ1) is 11.9. The maximum absolute atomic E-state index is 11.2. The number of benzene rings is 1. The van der Waals surface area contributed by atoms with E-state index in [1.807, 2.05) is 18.2 Å². The summed E-state index contributed by atoms with van der Waals surface area (Å²) in [5.74, 6) is -1.08. The molecule has 0 radical (unpaired) electrons. The van der Waals surface area contributed by atoms with Gasteiger partial charge in [0.1, 0.15) is 0 Å². The van der Waals surface area contributed by atoms with Crippen LogP contribution in [0.25, 0.3) is 0 Å². The van der Waals surface area contributed by atoms with Crippen molar-refractivity contribution < 1.29 is 9.90 Å². The lowest BCUT2D eigenvalue weighted by atomic mass is 9.79. The Morgan fingerprint density at radius 3 is 2.89 bits per heavy atom. The molecule has 1 aromatic carbocycles. The van der Waals surface area contributed by atoms with Crippen LogP contribution in [0.5, 0.6) is 0 Å². The summed E-state index contributed by atoms with van der Waals surface area (Å²) in [5, 5.41) is 15.2. The monoisotopic (exact) mass is 282 g/mol. The van der Waals surface area contributed by atoms with Crippen LogP contribution < -0.4 is 10.4 Å². The number of carboxylic acid groups (broad SMARTS) is 1. The van der Waals surface area contributed by atoms with Crippen molar-refractivity contribution in [2.45, 2.75) is 18.4 Å². The molecule has 2 aliphatic rings. The van der Waals surface area contributed by atoms with E-state index in [-0.39, 0.29) is 11.8 Å². The summed E-state index contributed by atoms with van der Waals surface area (Å²) >= 11 is 12.1. The van der Waals surface area contributed by atoms with E-state index in [4.69, 9.17) is 23.2 Å². The number of hydrogen-bond acceptors (Lipinski definition) is 3. The molecule has 0 saturated carbocycles. The fourth-order valence-electron chi connectivity index (χ4n) is 2.85. The molecule has 0 spiro atoms. The Morgan fingerprint density at radius 2 is 2.17 bits per heavy atom. The molecule has 5 heteroatoms. The Hall–Kier alpha value is -1.19. The van der Waals surface area contributed by atoms with Gasteiger partial charge in [0, 0.05) is 10.9 Å². The fraction of sp³-hybridized carbons (Fsp3) is 0.308. The van der Waals surface area contributed by atoms with Gasteiger partial charge in [-0.05, 0) is 30.0 Å². The Labute approximate surface area is 114 Å². The summed E-state index contributed by atoms with van der Waals surface area (Å²) in [7, 11) is 0. The van der Waals surface area contributed by atoms with E-state index in [0.29, 0.717) is 15.7 Å². The molecule has 1 aliphatic carbocycles. The minimum atomic E-state index is -1.09. The van der Waals surface area contributed by atoms with Crippen LogP contribution in [-0.4, -0.2) is 12.0 Å². The number of allylic oxidation sites excluding steroid dienone is 2. The summed E-state index contributed by atoms with van der Waals surface area (Å²) in [5.41, 5.74) is 1.62. The Balaban J connectivity index is 2.14. The van der Waals surface area contributed by atoms with Crippen molar-refractivity contribution in [3.05, 3.63) is 39.9 Å². The third kappa shape index (κ3) is 1.70. The maximum Gasteiger partial charge on any atom is 0.0699 e. The highest BCUT2D eigenvalue weighted by molar-refractivity contribution is 6.36. The Kier molecular flexibility index (Phi) is 2.76. The average molecular weight is 283 g/mol. The van der Waals surface area contributed by atoms with Gasteiger partial charge in [0.2, 0.25) is 0 Å². The number of fused-ring (bicyclic) bond motifs is 3. The summed E-state index contributed by atoms with van der Waals surface area (Å²) in [6, 6.07) is 2.74. The fourth-order valence-corrected chi connectivity index (χ4v) is 3.42. The van der Waals surface area contributed by atoms with Gasteiger partial charge in [-0.25, -0.2) is 0 Å². The standard InChI is InChI=1S/C13H11Cl2NO2/c14-6-4-9-7-2-1-3-8(7)12(13(17)18)16-11(9)10(15)5-6/h1-2,4-5,7-8,12,16H,3H2,(H,17,18)/p-1/t7-,8+,12+/m0/s1. The third-order valence-electron chi connectivity index (χ3n) is 3.64. The number of nitrogens with one attached hydrogen (secondary N) is 1. The molecule has 18 heavy (non-hydrogen) atoms. The van der Waals surface area contributed by atoms with Gasteiger partial charge in [-0.15, -0.1) is 0 Å². The topological polar surface area (TPSA) is 52.2 Å². The molecule has 0 saturated heterocycles. The third-order valence-corrected chi connectivity index (χ3v) is 4.16. The van der Waals surface area contributed by atoms with Crippen LogP contribution >= 0.6 is 23.2 Å². The molecule has 1 heterocycles. The number of carbonyl (C=O) groups is 1. The average Bonchev–Trinajstić information content (AvgIpc) is 2.76. The van der Waals surface area contributed by atoms with Crippen molar-refractivity contribution >= 4 is 34.9 Å². The van der Waals surface area contributed by atoms with Crippen molar-refractivity contribution in [1.82, 2.24) is 0 Å².